The zero-order chi connectivity index (χ0) is 15.4. The largest absolute Gasteiger partial charge is 0.464 e. The molecule has 0 bridgehead atoms. The van der Waals surface area contributed by atoms with Gasteiger partial charge in [0, 0.05) is 4.47 Å². The van der Waals surface area contributed by atoms with Gasteiger partial charge in [-0.25, -0.2) is 13.9 Å². The molecule has 21 heavy (non-hydrogen) atoms. The number of esters is 1. The molecule has 0 atom stereocenters. The topological polar surface area (TPSA) is 57.0 Å². The Morgan fingerprint density at radius 2 is 2.19 bits per heavy atom. The van der Waals surface area contributed by atoms with Crippen molar-refractivity contribution in [3.8, 4) is 0 Å². The first-order chi connectivity index (χ1) is 10.0. The molecule has 0 radical (unpaired) electrons. The second-order valence-electron chi connectivity index (χ2n) is 4.56. The lowest BCUT2D eigenvalue weighted by molar-refractivity contribution is 0.0592. The average molecular weight is 356 g/mol. The van der Waals surface area contributed by atoms with Crippen LogP contribution in [0.2, 0.25) is 0 Å². The SMILES string of the molecule is CCCc1c(C(=O)OC)nnn1Cc1cc(F)cc(Br)c1. The zero-order valence-corrected chi connectivity index (χ0v) is 13.4. The van der Waals surface area contributed by atoms with E-state index in [1.54, 1.807) is 10.7 Å². The number of benzene rings is 1. The van der Waals surface area contributed by atoms with Gasteiger partial charge in [-0.1, -0.05) is 34.5 Å². The van der Waals surface area contributed by atoms with Gasteiger partial charge in [-0.15, -0.1) is 5.10 Å². The van der Waals surface area contributed by atoms with Crippen molar-refractivity contribution in [3.63, 3.8) is 0 Å². The van der Waals surface area contributed by atoms with Crippen molar-refractivity contribution < 1.29 is 13.9 Å². The van der Waals surface area contributed by atoms with Crippen LogP contribution in [0, 0.1) is 5.82 Å². The first-order valence-corrected chi connectivity index (χ1v) is 7.30. The minimum atomic E-state index is -0.509. The van der Waals surface area contributed by atoms with Crippen molar-refractivity contribution >= 4 is 21.9 Å². The van der Waals surface area contributed by atoms with E-state index in [1.807, 2.05) is 6.92 Å². The molecular weight excluding hydrogens is 341 g/mol. The van der Waals surface area contributed by atoms with Crippen molar-refractivity contribution in [1.82, 2.24) is 15.0 Å². The summed E-state index contributed by atoms with van der Waals surface area (Å²) in [7, 11) is 1.31. The number of aromatic nitrogens is 3. The highest BCUT2D eigenvalue weighted by atomic mass is 79.9. The number of rotatable bonds is 5. The van der Waals surface area contributed by atoms with Crippen LogP contribution in [0.25, 0.3) is 0 Å². The highest BCUT2D eigenvalue weighted by Crippen LogP contribution is 2.17. The van der Waals surface area contributed by atoms with Gasteiger partial charge in [-0.3, -0.25) is 0 Å². The molecule has 0 N–H and O–H groups in total. The predicted octanol–water partition coefficient (Wildman–Crippen LogP) is 2.97. The lowest BCUT2D eigenvalue weighted by Crippen LogP contribution is -2.10. The Balaban J connectivity index is 2.35. The Labute approximate surface area is 130 Å². The van der Waals surface area contributed by atoms with E-state index in [4.69, 9.17) is 4.74 Å². The fourth-order valence-corrected chi connectivity index (χ4v) is 2.59. The summed E-state index contributed by atoms with van der Waals surface area (Å²) in [6, 6.07) is 4.62. The number of ether oxygens (including phenoxy) is 1. The van der Waals surface area contributed by atoms with E-state index in [0.717, 1.165) is 12.0 Å². The highest BCUT2D eigenvalue weighted by Gasteiger charge is 2.19. The Morgan fingerprint density at radius 1 is 1.43 bits per heavy atom. The number of carbonyl (C=O) groups is 1. The number of hydrogen-bond donors (Lipinski definition) is 0. The van der Waals surface area contributed by atoms with E-state index < -0.39 is 5.97 Å². The van der Waals surface area contributed by atoms with Crippen molar-refractivity contribution in [2.75, 3.05) is 7.11 Å². The molecule has 0 saturated heterocycles. The van der Waals surface area contributed by atoms with Crippen LogP contribution in [-0.2, 0) is 17.7 Å². The van der Waals surface area contributed by atoms with Crippen molar-refractivity contribution in [1.29, 1.82) is 0 Å². The summed E-state index contributed by atoms with van der Waals surface area (Å²) in [5.41, 5.74) is 1.65. The van der Waals surface area contributed by atoms with Crippen molar-refractivity contribution in [3.05, 3.63) is 45.4 Å². The second kappa shape index (κ2) is 6.80. The molecule has 0 unspecified atom stereocenters. The number of hydrogen-bond acceptors (Lipinski definition) is 4. The molecule has 1 aromatic heterocycles. The minimum absolute atomic E-state index is 0.217. The maximum Gasteiger partial charge on any atom is 0.360 e. The molecule has 0 aliphatic carbocycles. The summed E-state index contributed by atoms with van der Waals surface area (Å²) < 4.78 is 20.4. The lowest BCUT2D eigenvalue weighted by atomic mass is 10.2. The molecule has 0 fully saturated rings. The van der Waals surface area contributed by atoms with Gasteiger partial charge >= 0.3 is 5.97 Å². The third kappa shape index (κ3) is 3.66. The molecular formula is C14H15BrFN3O2. The minimum Gasteiger partial charge on any atom is -0.464 e. The maximum atomic E-state index is 13.4. The summed E-state index contributed by atoms with van der Waals surface area (Å²) in [6.07, 6.45) is 1.48. The van der Waals surface area contributed by atoms with E-state index in [-0.39, 0.29) is 11.5 Å². The fourth-order valence-electron chi connectivity index (χ4n) is 2.07. The van der Waals surface area contributed by atoms with Crippen LogP contribution < -0.4 is 0 Å². The Bertz CT molecular complexity index is 637. The number of nitrogens with zero attached hydrogens (tertiary/aromatic N) is 3. The standard InChI is InChI=1S/C14H15BrFN3O2/c1-3-4-12-13(14(20)21-2)17-18-19(12)8-9-5-10(15)7-11(16)6-9/h5-7H,3-4,8H2,1-2H3. The predicted molar refractivity (Wildman–Crippen MR) is 78.6 cm³/mol. The molecule has 2 rings (SSSR count). The summed E-state index contributed by atoms with van der Waals surface area (Å²) in [6.45, 7) is 2.34. The average Bonchev–Trinajstić information content (AvgIpc) is 2.80. The summed E-state index contributed by atoms with van der Waals surface area (Å²) in [5.74, 6) is -0.838. The van der Waals surface area contributed by atoms with E-state index in [2.05, 4.69) is 26.2 Å². The maximum absolute atomic E-state index is 13.4. The van der Waals surface area contributed by atoms with Crippen LogP contribution in [-0.4, -0.2) is 28.1 Å². The van der Waals surface area contributed by atoms with Gasteiger partial charge in [0.05, 0.1) is 19.3 Å². The van der Waals surface area contributed by atoms with Gasteiger partial charge in [0.2, 0.25) is 0 Å². The second-order valence-corrected chi connectivity index (χ2v) is 5.48. The molecule has 1 heterocycles. The third-order valence-corrected chi connectivity index (χ3v) is 3.42. The van der Waals surface area contributed by atoms with Crippen LogP contribution >= 0.6 is 15.9 Å². The number of methoxy groups -OCH3 is 1. The quantitative estimate of drug-likeness (QED) is 0.773. The highest BCUT2D eigenvalue weighted by molar-refractivity contribution is 9.10. The van der Waals surface area contributed by atoms with E-state index in [9.17, 15) is 9.18 Å². The lowest BCUT2D eigenvalue weighted by Gasteiger charge is -2.07. The zero-order valence-electron chi connectivity index (χ0n) is 11.8. The molecule has 0 saturated carbocycles. The normalized spacial score (nSPS) is 10.7. The van der Waals surface area contributed by atoms with Gasteiger partial charge in [-0.05, 0) is 30.2 Å². The summed E-state index contributed by atoms with van der Waals surface area (Å²) in [5, 5.41) is 7.87. The van der Waals surface area contributed by atoms with E-state index in [0.29, 0.717) is 23.1 Å². The first-order valence-electron chi connectivity index (χ1n) is 6.50. The van der Waals surface area contributed by atoms with Crippen LogP contribution in [0.1, 0.15) is 35.1 Å². The van der Waals surface area contributed by atoms with E-state index >= 15 is 0 Å². The molecule has 1 aromatic carbocycles. The summed E-state index contributed by atoms with van der Waals surface area (Å²) >= 11 is 3.26. The Hall–Kier alpha value is -1.76. The Morgan fingerprint density at radius 3 is 2.81 bits per heavy atom. The number of halogens is 2. The molecule has 0 amide bonds. The molecule has 0 spiro atoms. The Kier molecular flexibility index (Phi) is 5.06. The summed E-state index contributed by atoms with van der Waals surface area (Å²) in [4.78, 5) is 11.7. The molecule has 7 heteroatoms. The molecule has 112 valence electrons. The molecule has 0 aliphatic rings. The first kappa shape index (κ1) is 15.6. The monoisotopic (exact) mass is 355 g/mol. The third-order valence-electron chi connectivity index (χ3n) is 2.96. The number of carbonyl (C=O) groups excluding carboxylic acids is 1. The van der Waals surface area contributed by atoms with Crippen LogP contribution in [0.15, 0.2) is 22.7 Å². The van der Waals surface area contributed by atoms with Crippen LogP contribution in [0.3, 0.4) is 0 Å². The van der Waals surface area contributed by atoms with Crippen molar-refractivity contribution in [2.24, 2.45) is 0 Å². The van der Waals surface area contributed by atoms with Gasteiger partial charge in [0.1, 0.15) is 5.82 Å². The van der Waals surface area contributed by atoms with Crippen molar-refractivity contribution in [2.45, 2.75) is 26.3 Å². The van der Waals surface area contributed by atoms with Gasteiger partial charge in [0.25, 0.3) is 0 Å². The van der Waals surface area contributed by atoms with E-state index in [1.165, 1.54) is 19.2 Å². The molecule has 0 aliphatic heterocycles. The van der Waals surface area contributed by atoms with Crippen LogP contribution in [0.4, 0.5) is 4.39 Å². The smallest absolute Gasteiger partial charge is 0.360 e. The fraction of sp³-hybridized carbons (Fsp3) is 0.357. The molecule has 2 aromatic rings. The van der Waals surface area contributed by atoms with Gasteiger partial charge in [-0.2, -0.15) is 0 Å². The van der Waals surface area contributed by atoms with Gasteiger partial charge < -0.3 is 4.74 Å². The van der Waals surface area contributed by atoms with Gasteiger partial charge in [0.15, 0.2) is 5.69 Å². The molecule has 5 nitrogen and oxygen atoms in total. The van der Waals surface area contributed by atoms with Crippen LogP contribution in [0.5, 0.6) is 0 Å².